The Labute approximate surface area is 195 Å². The highest BCUT2D eigenvalue weighted by Gasteiger charge is 2.26. The van der Waals surface area contributed by atoms with Crippen LogP contribution in [0, 0.1) is 0 Å². The Morgan fingerprint density at radius 2 is 1.70 bits per heavy atom. The number of piperazine rings is 1. The molecule has 0 spiro atoms. The third-order valence-electron chi connectivity index (χ3n) is 6.34. The first-order chi connectivity index (χ1) is 16.2. The fourth-order valence-corrected chi connectivity index (χ4v) is 4.28. The Balaban J connectivity index is 1.29. The van der Waals surface area contributed by atoms with E-state index in [-0.39, 0.29) is 5.91 Å². The number of aromatic nitrogens is 2. The maximum Gasteiger partial charge on any atom is 0.234 e. The first kappa shape index (κ1) is 21.7. The monoisotopic (exact) mass is 445 g/mol. The smallest absolute Gasteiger partial charge is 0.234 e. The van der Waals surface area contributed by atoms with Crippen LogP contribution in [0.5, 0.6) is 5.75 Å². The SMILES string of the molecule is COc1ccc(-c2nn(-c3ccccc3)cc2CN2CCN(CC(=O)NC3CC3)CC2)cc1. The molecular formula is C26H31N5O2. The Kier molecular flexibility index (Phi) is 6.41. The van der Waals surface area contributed by atoms with Crippen LogP contribution in [0.3, 0.4) is 0 Å². The van der Waals surface area contributed by atoms with Gasteiger partial charge in [0, 0.05) is 56.1 Å². The van der Waals surface area contributed by atoms with Crippen molar-refractivity contribution in [1.82, 2.24) is 24.9 Å². The number of benzene rings is 2. The van der Waals surface area contributed by atoms with E-state index in [4.69, 9.17) is 9.84 Å². The molecule has 2 aliphatic rings. The lowest BCUT2D eigenvalue weighted by atomic mass is 10.1. The van der Waals surface area contributed by atoms with Crippen molar-refractivity contribution in [2.24, 2.45) is 0 Å². The minimum atomic E-state index is 0.164. The zero-order valence-electron chi connectivity index (χ0n) is 19.1. The maximum absolute atomic E-state index is 12.1. The Morgan fingerprint density at radius 3 is 2.36 bits per heavy atom. The van der Waals surface area contributed by atoms with Gasteiger partial charge in [0.15, 0.2) is 0 Å². The zero-order valence-corrected chi connectivity index (χ0v) is 19.1. The molecule has 1 amide bonds. The van der Waals surface area contributed by atoms with E-state index < -0.39 is 0 Å². The molecule has 0 atom stereocenters. The number of carbonyl (C=O) groups excluding carboxylic acids is 1. The van der Waals surface area contributed by atoms with Crippen LogP contribution in [0.2, 0.25) is 0 Å². The summed E-state index contributed by atoms with van der Waals surface area (Å²) in [5, 5.41) is 8.04. The summed E-state index contributed by atoms with van der Waals surface area (Å²) in [5.74, 6) is 1.00. The summed E-state index contributed by atoms with van der Waals surface area (Å²) in [4.78, 5) is 16.8. The molecule has 1 aromatic heterocycles. The molecule has 172 valence electrons. The van der Waals surface area contributed by atoms with E-state index in [9.17, 15) is 4.79 Å². The lowest BCUT2D eigenvalue weighted by Gasteiger charge is -2.34. The van der Waals surface area contributed by atoms with Gasteiger partial charge >= 0.3 is 0 Å². The highest BCUT2D eigenvalue weighted by Crippen LogP contribution is 2.27. The van der Waals surface area contributed by atoms with Crippen molar-refractivity contribution in [1.29, 1.82) is 0 Å². The third-order valence-corrected chi connectivity index (χ3v) is 6.34. The summed E-state index contributed by atoms with van der Waals surface area (Å²) < 4.78 is 7.29. The van der Waals surface area contributed by atoms with Crippen LogP contribution in [0.25, 0.3) is 16.9 Å². The van der Waals surface area contributed by atoms with Gasteiger partial charge in [0.05, 0.1) is 25.0 Å². The van der Waals surface area contributed by atoms with Gasteiger partial charge in [0.2, 0.25) is 5.91 Å². The number of rotatable bonds is 8. The van der Waals surface area contributed by atoms with Crippen LogP contribution in [-0.4, -0.2) is 71.4 Å². The van der Waals surface area contributed by atoms with Crippen molar-refractivity contribution in [3.05, 3.63) is 66.4 Å². The molecule has 2 heterocycles. The predicted molar refractivity (Wildman–Crippen MR) is 128 cm³/mol. The molecule has 0 bridgehead atoms. The summed E-state index contributed by atoms with van der Waals surface area (Å²) in [6, 6.07) is 18.7. The van der Waals surface area contributed by atoms with Crippen molar-refractivity contribution in [2.45, 2.75) is 25.4 Å². The topological polar surface area (TPSA) is 62.6 Å². The number of hydrogen-bond acceptors (Lipinski definition) is 5. The van der Waals surface area contributed by atoms with Gasteiger partial charge in [-0.3, -0.25) is 14.6 Å². The number of para-hydroxylation sites is 1. The van der Waals surface area contributed by atoms with Crippen LogP contribution >= 0.6 is 0 Å². The Hall–Kier alpha value is -3.16. The van der Waals surface area contributed by atoms with Gasteiger partial charge in [0.25, 0.3) is 0 Å². The number of nitrogens with one attached hydrogen (secondary N) is 1. The first-order valence-corrected chi connectivity index (χ1v) is 11.7. The molecule has 1 N–H and O–H groups in total. The summed E-state index contributed by atoms with van der Waals surface area (Å²) in [6.45, 7) is 5.03. The minimum absolute atomic E-state index is 0.164. The molecule has 1 aliphatic heterocycles. The van der Waals surface area contributed by atoms with Gasteiger partial charge in [0.1, 0.15) is 5.75 Å². The molecule has 33 heavy (non-hydrogen) atoms. The second-order valence-corrected chi connectivity index (χ2v) is 8.91. The molecule has 1 saturated heterocycles. The molecule has 2 fully saturated rings. The van der Waals surface area contributed by atoms with Crippen molar-refractivity contribution in [3.8, 4) is 22.7 Å². The molecule has 5 rings (SSSR count). The molecule has 7 heteroatoms. The van der Waals surface area contributed by atoms with Crippen molar-refractivity contribution < 1.29 is 9.53 Å². The van der Waals surface area contributed by atoms with E-state index in [0.717, 1.165) is 68.3 Å². The van der Waals surface area contributed by atoms with E-state index in [2.05, 4.69) is 45.6 Å². The lowest BCUT2D eigenvalue weighted by Crippen LogP contribution is -2.49. The highest BCUT2D eigenvalue weighted by molar-refractivity contribution is 5.78. The van der Waals surface area contributed by atoms with Crippen molar-refractivity contribution >= 4 is 5.91 Å². The zero-order chi connectivity index (χ0) is 22.6. The molecular weight excluding hydrogens is 414 g/mol. The first-order valence-electron chi connectivity index (χ1n) is 11.7. The van der Waals surface area contributed by atoms with Crippen molar-refractivity contribution in [3.63, 3.8) is 0 Å². The number of nitrogens with zero attached hydrogens (tertiary/aromatic N) is 4. The number of hydrogen-bond donors (Lipinski definition) is 1. The molecule has 0 unspecified atom stereocenters. The van der Waals surface area contributed by atoms with E-state index >= 15 is 0 Å². The van der Waals surface area contributed by atoms with Crippen LogP contribution < -0.4 is 10.1 Å². The average molecular weight is 446 g/mol. The second-order valence-electron chi connectivity index (χ2n) is 8.91. The van der Waals surface area contributed by atoms with Crippen LogP contribution in [0.4, 0.5) is 0 Å². The average Bonchev–Trinajstić information content (AvgIpc) is 3.57. The Morgan fingerprint density at radius 1 is 1.00 bits per heavy atom. The molecule has 7 nitrogen and oxygen atoms in total. The van der Waals surface area contributed by atoms with Crippen LogP contribution in [0.1, 0.15) is 18.4 Å². The molecule has 0 radical (unpaired) electrons. The van der Waals surface area contributed by atoms with Gasteiger partial charge in [-0.25, -0.2) is 4.68 Å². The number of ether oxygens (including phenoxy) is 1. The van der Waals surface area contributed by atoms with Crippen LogP contribution in [-0.2, 0) is 11.3 Å². The van der Waals surface area contributed by atoms with Gasteiger partial charge in [-0.15, -0.1) is 0 Å². The van der Waals surface area contributed by atoms with Gasteiger partial charge in [-0.2, -0.15) is 5.10 Å². The summed E-state index contributed by atoms with van der Waals surface area (Å²) in [5.41, 5.74) is 4.32. The third kappa shape index (κ3) is 5.43. The van der Waals surface area contributed by atoms with E-state index in [1.807, 2.05) is 35.0 Å². The molecule has 2 aromatic carbocycles. The molecule has 1 saturated carbocycles. The summed E-state index contributed by atoms with van der Waals surface area (Å²) in [6.07, 6.45) is 4.41. The largest absolute Gasteiger partial charge is 0.497 e. The molecule has 3 aromatic rings. The van der Waals surface area contributed by atoms with E-state index in [0.29, 0.717) is 12.6 Å². The minimum Gasteiger partial charge on any atom is -0.497 e. The van der Waals surface area contributed by atoms with Gasteiger partial charge < -0.3 is 10.1 Å². The fraction of sp³-hybridized carbons (Fsp3) is 0.385. The van der Waals surface area contributed by atoms with Crippen LogP contribution in [0.15, 0.2) is 60.8 Å². The lowest BCUT2D eigenvalue weighted by molar-refractivity contribution is -0.122. The standard InChI is InChI=1S/C26H31N5O2/c1-33-24-11-7-20(8-12-24)26-21(18-31(28-26)23-5-3-2-4-6-23)17-29-13-15-30(16-14-29)19-25(32)27-22-9-10-22/h2-8,11-12,18,22H,9-10,13-17,19H2,1H3,(H,27,32). The maximum atomic E-state index is 12.1. The second kappa shape index (κ2) is 9.77. The number of methoxy groups -OCH3 is 1. The van der Waals surface area contributed by atoms with E-state index in [1.165, 1.54) is 5.56 Å². The number of amides is 1. The van der Waals surface area contributed by atoms with E-state index in [1.54, 1.807) is 7.11 Å². The van der Waals surface area contributed by atoms with Crippen molar-refractivity contribution in [2.75, 3.05) is 39.8 Å². The summed E-state index contributed by atoms with van der Waals surface area (Å²) in [7, 11) is 1.68. The predicted octanol–water partition coefficient (Wildman–Crippen LogP) is 2.94. The molecule has 1 aliphatic carbocycles. The van der Waals surface area contributed by atoms with Gasteiger partial charge in [-0.05, 0) is 49.2 Å². The Bertz CT molecular complexity index is 1070. The fourth-order valence-electron chi connectivity index (χ4n) is 4.28. The summed E-state index contributed by atoms with van der Waals surface area (Å²) >= 11 is 0. The quantitative estimate of drug-likeness (QED) is 0.578. The normalized spacial score (nSPS) is 17.1. The van der Waals surface area contributed by atoms with Gasteiger partial charge in [-0.1, -0.05) is 18.2 Å². The number of carbonyl (C=O) groups is 1. The highest BCUT2D eigenvalue weighted by atomic mass is 16.5.